The maximum Gasteiger partial charge on any atom is 0.0346 e. The molecule has 0 radical (unpaired) electrons. The third-order valence-electron chi connectivity index (χ3n) is 9.81. The van der Waals surface area contributed by atoms with Gasteiger partial charge in [-0.3, -0.25) is 0 Å². The second kappa shape index (κ2) is 20.7. The summed E-state index contributed by atoms with van der Waals surface area (Å²) in [5.41, 5.74) is 25.3. The van der Waals surface area contributed by atoms with E-state index in [2.05, 4.69) is 98.8 Å². The molecule has 0 amide bonds. The van der Waals surface area contributed by atoms with Crippen molar-refractivity contribution < 1.29 is 0 Å². The zero-order valence-corrected chi connectivity index (χ0v) is 29.7. The molecule has 4 aromatic rings. The van der Waals surface area contributed by atoms with Crippen molar-refractivity contribution in [3.8, 4) is 0 Å². The number of hydrogen-bond acceptors (Lipinski definition) is 2. The normalized spacial score (nSPS) is 11.3. The van der Waals surface area contributed by atoms with Gasteiger partial charge in [0.05, 0.1) is 0 Å². The summed E-state index contributed by atoms with van der Waals surface area (Å²) in [4.78, 5) is 0. The molecule has 4 N–H and O–H groups in total. The van der Waals surface area contributed by atoms with Crippen LogP contribution in [0.25, 0.3) is 0 Å². The quantitative estimate of drug-likeness (QED) is 0.0670. The van der Waals surface area contributed by atoms with Crippen molar-refractivity contribution in [2.45, 2.75) is 136 Å². The molecule has 0 atom stereocenters. The first-order valence-corrected chi connectivity index (χ1v) is 18.9. The fourth-order valence-electron chi connectivity index (χ4n) is 6.72. The molecule has 0 spiro atoms. The summed E-state index contributed by atoms with van der Waals surface area (Å²) >= 11 is 0. The van der Waals surface area contributed by atoms with Crippen LogP contribution in [0, 0.1) is 0 Å². The number of rotatable bonds is 22. The van der Waals surface area contributed by atoms with Crippen LogP contribution < -0.4 is 11.5 Å². The summed E-state index contributed by atoms with van der Waals surface area (Å²) in [7, 11) is 0. The highest BCUT2D eigenvalue weighted by atomic mass is 14.6. The molecule has 47 heavy (non-hydrogen) atoms. The first-order chi connectivity index (χ1) is 23.0. The Labute approximate surface area is 287 Å². The van der Waals surface area contributed by atoms with Crippen LogP contribution in [0.3, 0.4) is 0 Å². The second-order valence-corrected chi connectivity index (χ2v) is 13.9. The summed E-state index contributed by atoms with van der Waals surface area (Å²) in [6.45, 7) is 4.47. The molecule has 252 valence electrons. The van der Waals surface area contributed by atoms with Crippen LogP contribution in [-0.2, 0) is 38.5 Å². The van der Waals surface area contributed by atoms with Gasteiger partial charge in [-0.25, -0.2) is 0 Å². The predicted molar refractivity (Wildman–Crippen MR) is 206 cm³/mol. The van der Waals surface area contributed by atoms with Crippen molar-refractivity contribution >= 4 is 11.4 Å². The fourth-order valence-corrected chi connectivity index (χ4v) is 6.72. The van der Waals surface area contributed by atoms with E-state index in [1.54, 1.807) is 0 Å². The van der Waals surface area contributed by atoms with Crippen LogP contribution in [0.1, 0.15) is 142 Å². The minimum atomic E-state index is 0.938. The molecule has 0 saturated heterocycles. The van der Waals surface area contributed by atoms with E-state index in [0.29, 0.717) is 0 Å². The zero-order valence-electron chi connectivity index (χ0n) is 29.7. The third-order valence-corrected chi connectivity index (χ3v) is 9.81. The van der Waals surface area contributed by atoms with Gasteiger partial charge in [0, 0.05) is 11.4 Å². The lowest BCUT2D eigenvalue weighted by molar-refractivity contribution is 0.558. The summed E-state index contributed by atoms with van der Waals surface area (Å²) in [5.74, 6) is 0. The van der Waals surface area contributed by atoms with Crippen molar-refractivity contribution in [3.05, 3.63) is 129 Å². The zero-order chi connectivity index (χ0) is 33.1. The van der Waals surface area contributed by atoms with Gasteiger partial charge < -0.3 is 11.5 Å². The Kier molecular flexibility index (Phi) is 16.0. The molecule has 0 fully saturated rings. The Morgan fingerprint density at radius 3 is 1.02 bits per heavy atom. The maximum atomic E-state index is 6.20. The van der Waals surface area contributed by atoms with E-state index < -0.39 is 0 Å². The molecule has 0 aliphatic heterocycles. The van der Waals surface area contributed by atoms with E-state index in [0.717, 1.165) is 37.1 Å². The summed E-state index contributed by atoms with van der Waals surface area (Å²) < 4.78 is 0. The lowest BCUT2D eigenvalue weighted by Gasteiger charge is -2.09. The molecular weight excluding hydrogens is 569 g/mol. The number of unbranched alkanes of at least 4 members (excludes halogenated alkanes) is 10. The maximum absolute atomic E-state index is 6.20. The molecule has 0 aromatic heterocycles. The summed E-state index contributed by atoms with van der Waals surface area (Å²) in [6, 6.07) is 31.8. The molecule has 0 aliphatic rings. The van der Waals surface area contributed by atoms with Crippen LogP contribution in [0.2, 0.25) is 0 Å². The highest BCUT2D eigenvalue weighted by Crippen LogP contribution is 2.22. The third kappa shape index (κ3) is 13.3. The van der Waals surface area contributed by atoms with Crippen LogP contribution in [0.15, 0.2) is 84.9 Å². The number of nitrogens with two attached hydrogens (primary N) is 2. The van der Waals surface area contributed by atoms with Gasteiger partial charge in [0.25, 0.3) is 0 Å². The number of nitrogen functional groups attached to an aromatic ring is 2. The first kappa shape index (κ1) is 36.3. The largest absolute Gasteiger partial charge is 0.399 e. The van der Waals surface area contributed by atoms with Gasteiger partial charge in [-0.15, -0.1) is 0 Å². The average Bonchev–Trinajstić information content (AvgIpc) is 3.09. The van der Waals surface area contributed by atoms with E-state index in [4.69, 9.17) is 11.5 Å². The lowest BCUT2D eigenvalue weighted by Crippen LogP contribution is -1.97. The van der Waals surface area contributed by atoms with Crippen molar-refractivity contribution in [2.24, 2.45) is 0 Å². The van der Waals surface area contributed by atoms with Crippen molar-refractivity contribution in [2.75, 3.05) is 11.5 Å². The van der Waals surface area contributed by atoms with E-state index in [-0.39, 0.29) is 0 Å². The molecule has 0 unspecified atom stereocenters. The number of anilines is 2. The van der Waals surface area contributed by atoms with Gasteiger partial charge in [-0.2, -0.15) is 0 Å². The van der Waals surface area contributed by atoms with Crippen molar-refractivity contribution in [1.82, 2.24) is 0 Å². The van der Waals surface area contributed by atoms with Crippen molar-refractivity contribution in [3.63, 3.8) is 0 Å². The smallest absolute Gasteiger partial charge is 0.0346 e. The first-order valence-electron chi connectivity index (χ1n) is 18.9. The van der Waals surface area contributed by atoms with Crippen LogP contribution in [-0.4, -0.2) is 0 Å². The van der Waals surface area contributed by atoms with Crippen LogP contribution in [0.4, 0.5) is 11.4 Å². The van der Waals surface area contributed by atoms with Gasteiger partial charge in [0.1, 0.15) is 0 Å². The second-order valence-electron chi connectivity index (χ2n) is 13.9. The SMILES string of the molecule is CCCCc1cc(Cc2ccc(CCCCCCCCCCCc3ccc(Cc4ccc(N)c(CCCC)c4)cc3)cc2)ccc1N. The molecule has 2 nitrogen and oxygen atoms in total. The fraction of sp³-hybridized carbons (Fsp3) is 0.467. The molecule has 4 rings (SSSR count). The van der Waals surface area contributed by atoms with Gasteiger partial charge in [0.15, 0.2) is 0 Å². The Hall–Kier alpha value is -3.52. The van der Waals surface area contributed by atoms with E-state index >= 15 is 0 Å². The van der Waals surface area contributed by atoms with Crippen LogP contribution in [0.5, 0.6) is 0 Å². The van der Waals surface area contributed by atoms with Gasteiger partial charge in [-0.05, 0) is 121 Å². The van der Waals surface area contributed by atoms with Crippen LogP contribution >= 0.6 is 0 Å². The number of hydrogen-bond donors (Lipinski definition) is 2. The van der Waals surface area contributed by atoms with E-state index in [1.807, 2.05) is 0 Å². The summed E-state index contributed by atoms with van der Waals surface area (Å²) in [5, 5.41) is 0. The molecule has 0 aliphatic carbocycles. The molecule has 0 heterocycles. The van der Waals surface area contributed by atoms with Crippen molar-refractivity contribution in [1.29, 1.82) is 0 Å². The summed E-state index contributed by atoms with van der Waals surface area (Å²) in [6.07, 6.45) is 23.6. The van der Waals surface area contributed by atoms with Gasteiger partial charge in [0.2, 0.25) is 0 Å². The lowest BCUT2D eigenvalue weighted by atomic mass is 9.97. The molecule has 0 bridgehead atoms. The Morgan fingerprint density at radius 2 is 0.660 bits per heavy atom. The number of benzene rings is 4. The highest BCUT2D eigenvalue weighted by molar-refractivity contribution is 5.50. The highest BCUT2D eigenvalue weighted by Gasteiger charge is 2.05. The minimum absolute atomic E-state index is 0.938. The van der Waals surface area contributed by atoms with E-state index in [9.17, 15) is 0 Å². The molecule has 0 saturated carbocycles. The van der Waals surface area contributed by atoms with Gasteiger partial charge >= 0.3 is 0 Å². The Morgan fingerprint density at radius 1 is 0.340 bits per heavy atom. The number of aryl methyl sites for hydroxylation is 4. The average molecular weight is 631 g/mol. The minimum Gasteiger partial charge on any atom is -0.399 e. The Bertz CT molecular complexity index is 1320. The van der Waals surface area contributed by atoms with Gasteiger partial charge in [-0.1, -0.05) is 144 Å². The van der Waals surface area contributed by atoms with E-state index in [1.165, 1.54) is 141 Å². The standard InChI is InChI=1S/C45H62N2/c1-3-5-18-42-34-40(28-30-44(42)46)32-38-24-20-36(21-25-38)16-14-12-10-8-7-9-11-13-15-17-37-22-26-39(27-23-37)33-41-29-31-45(47)43(35-41)19-6-4-2/h20-31,34-35H,3-19,32-33,46-47H2,1-2H3. The molecular formula is C45H62N2. The molecule has 4 aromatic carbocycles. The topological polar surface area (TPSA) is 52.0 Å². The molecule has 2 heteroatoms. The Balaban J connectivity index is 1.01. The monoisotopic (exact) mass is 630 g/mol. The predicted octanol–water partition coefficient (Wildman–Crippen LogP) is 12.0.